The molecule has 4 heteroatoms. The van der Waals surface area contributed by atoms with Gasteiger partial charge in [0.1, 0.15) is 5.75 Å². The van der Waals surface area contributed by atoms with Gasteiger partial charge in [0.25, 0.3) is 0 Å². The Balaban J connectivity index is 2.20. The van der Waals surface area contributed by atoms with E-state index in [9.17, 15) is 5.11 Å². The van der Waals surface area contributed by atoms with Crippen LogP contribution in [0.5, 0.6) is 5.75 Å². The van der Waals surface area contributed by atoms with Crippen molar-refractivity contribution in [1.29, 1.82) is 0 Å². The lowest BCUT2D eigenvalue weighted by Gasteiger charge is -2.17. The van der Waals surface area contributed by atoms with Crippen LogP contribution in [0.3, 0.4) is 0 Å². The van der Waals surface area contributed by atoms with Crippen molar-refractivity contribution in [2.24, 2.45) is 5.73 Å². The molecule has 1 unspecified atom stereocenters. The van der Waals surface area contributed by atoms with Crippen LogP contribution in [0.4, 0.5) is 0 Å². The van der Waals surface area contributed by atoms with Crippen LogP contribution < -0.4 is 10.5 Å². The van der Waals surface area contributed by atoms with E-state index < -0.39 is 0 Å². The molecule has 4 nitrogen and oxygen atoms in total. The normalized spacial score (nSPS) is 12.7. The summed E-state index contributed by atoms with van der Waals surface area (Å²) >= 11 is 0. The van der Waals surface area contributed by atoms with Crippen molar-refractivity contribution in [3.63, 3.8) is 0 Å². The zero-order valence-electron chi connectivity index (χ0n) is 12.0. The number of benzene rings is 1. The van der Waals surface area contributed by atoms with Crippen LogP contribution in [0.2, 0.25) is 0 Å². The molecule has 1 rings (SSSR count). The zero-order chi connectivity index (χ0) is 14.1. The highest BCUT2D eigenvalue weighted by Crippen LogP contribution is 2.17. The monoisotopic (exact) mass is 266 g/mol. The van der Waals surface area contributed by atoms with Gasteiger partial charge in [-0.1, -0.05) is 18.2 Å². The van der Waals surface area contributed by atoms with Crippen molar-refractivity contribution < 1.29 is 9.84 Å². The van der Waals surface area contributed by atoms with Crippen LogP contribution in [0.15, 0.2) is 24.3 Å². The first kappa shape index (κ1) is 16.0. The number of nitrogens with two attached hydrogens (primary N) is 1. The summed E-state index contributed by atoms with van der Waals surface area (Å²) in [6, 6.07) is 7.88. The van der Waals surface area contributed by atoms with Gasteiger partial charge in [-0.05, 0) is 32.9 Å². The first-order valence-electron chi connectivity index (χ1n) is 6.91. The van der Waals surface area contributed by atoms with Crippen LogP contribution >= 0.6 is 0 Å². The van der Waals surface area contributed by atoms with Crippen LogP contribution in [0.25, 0.3) is 0 Å². The number of ether oxygens (including phenoxy) is 1. The summed E-state index contributed by atoms with van der Waals surface area (Å²) in [7, 11) is 2.07. The van der Waals surface area contributed by atoms with Gasteiger partial charge in [0, 0.05) is 25.2 Å². The smallest absolute Gasteiger partial charge is 0.123 e. The molecule has 0 aliphatic heterocycles. The van der Waals surface area contributed by atoms with Gasteiger partial charge in [0.2, 0.25) is 0 Å². The molecule has 0 aliphatic carbocycles. The molecule has 0 spiro atoms. The van der Waals surface area contributed by atoms with E-state index in [2.05, 4.69) is 11.9 Å². The topological polar surface area (TPSA) is 58.7 Å². The average molecular weight is 266 g/mol. The van der Waals surface area contributed by atoms with Crippen molar-refractivity contribution in [3.05, 3.63) is 29.8 Å². The molecular weight excluding hydrogens is 240 g/mol. The molecule has 1 aromatic rings. The molecule has 0 saturated heterocycles. The van der Waals surface area contributed by atoms with E-state index in [0.29, 0.717) is 13.2 Å². The lowest BCUT2D eigenvalue weighted by atomic mass is 10.2. The van der Waals surface area contributed by atoms with E-state index in [0.717, 1.165) is 37.2 Å². The third-order valence-corrected chi connectivity index (χ3v) is 3.06. The molecule has 0 saturated carbocycles. The zero-order valence-corrected chi connectivity index (χ0v) is 12.0. The van der Waals surface area contributed by atoms with Gasteiger partial charge in [0.05, 0.1) is 12.7 Å². The second-order valence-corrected chi connectivity index (χ2v) is 4.95. The fraction of sp³-hybridized carbons (Fsp3) is 0.600. The number of para-hydroxylation sites is 1. The molecule has 1 aromatic carbocycles. The molecule has 0 fully saturated rings. The second-order valence-electron chi connectivity index (χ2n) is 4.95. The number of hydrogen-bond acceptors (Lipinski definition) is 4. The largest absolute Gasteiger partial charge is 0.493 e. The molecular formula is C15H26N2O2. The Labute approximate surface area is 116 Å². The molecule has 19 heavy (non-hydrogen) atoms. The average Bonchev–Trinajstić information content (AvgIpc) is 2.41. The van der Waals surface area contributed by atoms with Crippen molar-refractivity contribution in [3.8, 4) is 5.75 Å². The molecule has 0 heterocycles. The molecule has 3 N–H and O–H groups in total. The van der Waals surface area contributed by atoms with E-state index in [4.69, 9.17) is 10.5 Å². The summed E-state index contributed by atoms with van der Waals surface area (Å²) in [5.74, 6) is 0.886. The molecule has 0 bridgehead atoms. The lowest BCUT2D eigenvalue weighted by Crippen LogP contribution is -2.24. The predicted octanol–water partition coefficient (Wildman–Crippen LogP) is 1.62. The van der Waals surface area contributed by atoms with Gasteiger partial charge in [-0.3, -0.25) is 0 Å². The van der Waals surface area contributed by atoms with Gasteiger partial charge in [-0.2, -0.15) is 0 Å². The Morgan fingerprint density at radius 2 is 2.05 bits per heavy atom. The number of nitrogens with zero attached hydrogens (tertiary/aromatic N) is 1. The molecule has 0 radical (unpaired) electrons. The molecule has 108 valence electrons. The van der Waals surface area contributed by atoms with Gasteiger partial charge < -0.3 is 20.5 Å². The maximum atomic E-state index is 9.22. The summed E-state index contributed by atoms with van der Waals surface area (Å²) in [4.78, 5) is 2.21. The first-order chi connectivity index (χ1) is 9.13. The lowest BCUT2D eigenvalue weighted by molar-refractivity contribution is 0.161. The minimum Gasteiger partial charge on any atom is -0.493 e. The Kier molecular flexibility index (Phi) is 7.48. The Hall–Kier alpha value is -1.10. The second kappa shape index (κ2) is 8.91. The predicted molar refractivity (Wildman–Crippen MR) is 78.2 cm³/mol. The number of rotatable bonds is 9. The van der Waals surface area contributed by atoms with Crippen LogP contribution in [-0.4, -0.2) is 42.9 Å². The van der Waals surface area contributed by atoms with Gasteiger partial charge in [-0.25, -0.2) is 0 Å². The van der Waals surface area contributed by atoms with Gasteiger partial charge in [0.15, 0.2) is 0 Å². The fourth-order valence-corrected chi connectivity index (χ4v) is 1.85. The highest BCUT2D eigenvalue weighted by atomic mass is 16.5. The highest BCUT2D eigenvalue weighted by molar-refractivity contribution is 5.32. The standard InChI is InChI=1S/C15H26N2O2/c1-13(18)8-10-17(2)9-5-11-19-15-7-4-3-6-14(15)12-16/h3-4,6-7,13,18H,5,8-12,16H2,1-2H3. The van der Waals surface area contributed by atoms with Crippen LogP contribution in [0, 0.1) is 0 Å². The van der Waals surface area contributed by atoms with Crippen LogP contribution in [-0.2, 0) is 6.54 Å². The highest BCUT2D eigenvalue weighted by Gasteiger charge is 2.03. The van der Waals surface area contributed by atoms with Gasteiger partial charge >= 0.3 is 0 Å². The van der Waals surface area contributed by atoms with E-state index in [1.807, 2.05) is 31.2 Å². The third-order valence-electron chi connectivity index (χ3n) is 3.06. The molecule has 0 amide bonds. The van der Waals surface area contributed by atoms with E-state index in [1.54, 1.807) is 0 Å². The van der Waals surface area contributed by atoms with Crippen molar-refractivity contribution in [1.82, 2.24) is 4.90 Å². The Bertz CT molecular complexity index is 356. The molecule has 1 atom stereocenters. The van der Waals surface area contributed by atoms with Gasteiger partial charge in [-0.15, -0.1) is 0 Å². The summed E-state index contributed by atoms with van der Waals surface area (Å²) in [5.41, 5.74) is 6.71. The van der Waals surface area contributed by atoms with Crippen molar-refractivity contribution in [2.75, 3.05) is 26.7 Å². The van der Waals surface area contributed by atoms with Crippen LogP contribution in [0.1, 0.15) is 25.3 Å². The summed E-state index contributed by atoms with van der Waals surface area (Å²) in [5, 5.41) is 9.22. The maximum Gasteiger partial charge on any atom is 0.123 e. The number of aliphatic hydroxyl groups is 1. The summed E-state index contributed by atoms with van der Waals surface area (Å²) in [6.07, 6.45) is 1.55. The van der Waals surface area contributed by atoms with Crippen molar-refractivity contribution >= 4 is 0 Å². The number of hydrogen-bond donors (Lipinski definition) is 2. The third kappa shape index (κ3) is 6.57. The SMILES string of the molecule is CC(O)CCN(C)CCCOc1ccccc1CN. The quantitative estimate of drug-likeness (QED) is 0.667. The summed E-state index contributed by atoms with van der Waals surface area (Å²) < 4.78 is 5.75. The van der Waals surface area contributed by atoms with Crippen molar-refractivity contribution in [2.45, 2.75) is 32.4 Å². The van der Waals surface area contributed by atoms with E-state index >= 15 is 0 Å². The first-order valence-corrected chi connectivity index (χ1v) is 6.91. The minimum absolute atomic E-state index is 0.227. The maximum absolute atomic E-state index is 9.22. The number of aliphatic hydroxyl groups excluding tert-OH is 1. The Morgan fingerprint density at radius 3 is 2.74 bits per heavy atom. The molecule has 0 aromatic heterocycles. The van der Waals surface area contributed by atoms with E-state index in [1.165, 1.54) is 0 Å². The summed E-state index contributed by atoms with van der Waals surface area (Å²) in [6.45, 7) is 4.90. The Morgan fingerprint density at radius 1 is 1.32 bits per heavy atom. The molecule has 0 aliphatic rings. The van der Waals surface area contributed by atoms with E-state index in [-0.39, 0.29) is 6.10 Å². The fourth-order valence-electron chi connectivity index (χ4n) is 1.85. The minimum atomic E-state index is -0.227.